The molecule has 0 amide bonds. The molecule has 1 N–H and O–H groups in total. The number of hydrogen-bond acceptors (Lipinski definition) is 4. The van der Waals surface area contributed by atoms with Crippen molar-refractivity contribution in [3.8, 4) is 23.1 Å². The molecule has 0 spiro atoms. The molecular formula is C18H9F7N4O. The number of halogens is 7. The molecule has 0 unspecified atom stereocenters. The van der Waals surface area contributed by atoms with Crippen molar-refractivity contribution in [2.75, 3.05) is 0 Å². The first-order chi connectivity index (χ1) is 14.0. The Morgan fingerprint density at radius 1 is 1.00 bits per heavy atom. The van der Waals surface area contributed by atoms with Crippen LogP contribution in [0.2, 0.25) is 0 Å². The van der Waals surface area contributed by atoms with Gasteiger partial charge in [0, 0.05) is 11.1 Å². The second-order valence-electron chi connectivity index (χ2n) is 5.98. The van der Waals surface area contributed by atoms with Crippen LogP contribution < -0.4 is 4.74 Å². The number of hydrogen-bond donors (Lipinski definition) is 1. The van der Waals surface area contributed by atoms with E-state index in [0.29, 0.717) is 30.3 Å². The molecule has 0 aliphatic heterocycles. The second-order valence-corrected chi connectivity index (χ2v) is 5.98. The first-order valence-corrected chi connectivity index (χ1v) is 8.01. The van der Waals surface area contributed by atoms with Crippen molar-refractivity contribution in [1.29, 1.82) is 5.26 Å². The Bertz CT molecular complexity index is 1110. The van der Waals surface area contributed by atoms with Gasteiger partial charge in [0.1, 0.15) is 29.9 Å². The van der Waals surface area contributed by atoms with Crippen LogP contribution in [-0.4, -0.2) is 15.4 Å². The topological polar surface area (TPSA) is 74.6 Å². The average Bonchev–Trinajstić information content (AvgIpc) is 3.13. The molecule has 0 saturated heterocycles. The summed E-state index contributed by atoms with van der Waals surface area (Å²) in [6.07, 6.45) is -9.63. The van der Waals surface area contributed by atoms with E-state index in [2.05, 4.69) is 15.4 Å². The Balaban J connectivity index is 2.00. The van der Waals surface area contributed by atoms with Crippen molar-refractivity contribution < 1.29 is 35.5 Å². The van der Waals surface area contributed by atoms with Crippen molar-refractivity contribution in [2.45, 2.75) is 19.0 Å². The third-order valence-corrected chi connectivity index (χ3v) is 3.93. The summed E-state index contributed by atoms with van der Waals surface area (Å²) in [6, 6.07) is 5.70. The number of aromatic amines is 1. The van der Waals surface area contributed by atoms with Crippen molar-refractivity contribution in [1.82, 2.24) is 15.4 Å². The Kier molecular flexibility index (Phi) is 5.39. The zero-order valence-electron chi connectivity index (χ0n) is 14.6. The fourth-order valence-electron chi connectivity index (χ4n) is 2.61. The van der Waals surface area contributed by atoms with Crippen molar-refractivity contribution in [3.05, 3.63) is 64.6 Å². The van der Waals surface area contributed by atoms with Crippen LogP contribution in [0.1, 0.15) is 22.4 Å². The van der Waals surface area contributed by atoms with E-state index in [1.165, 1.54) is 0 Å². The summed E-state index contributed by atoms with van der Waals surface area (Å²) in [7, 11) is 0. The Morgan fingerprint density at radius 3 is 2.37 bits per heavy atom. The average molecular weight is 430 g/mol. The van der Waals surface area contributed by atoms with Crippen LogP contribution in [0.25, 0.3) is 11.3 Å². The van der Waals surface area contributed by atoms with Crippen molar-refractivity contribution in [3.63, 3.8) is 0 Å². The fraction of sp³-hybridized carbons (Fsp3) is 0.167. The highest BCUT2D eigenvalue weighted by atomic mass is 19.4. The maximum atomic E-state index is 13.4. The quantitative estimate of drug-likeness (QED) is 0.585. The number of ether oxygens (including phenoxy) is 1. The maximum Gasteiger partial charge on any atom is 0.416 e. The lowest BCUT2D eigenvalue weighted by Gasteiger charge is -2.15. The summed E-state index contributed by atoms with van der Waals surface area (Å²) in [6.45, 7) is -0.850. The molecule has 0 saturated carbocycles. The molecule has 0 bridgehead atoms. The Hall–Kier alpha value is -3.62. The summed E-state index contributed by atoms with van der Waals surface area (Å²) in [5, 5.41) is 18.1. The fourth-order valence-corrected chi connectivity index (χ4v) is 2.61. The van der Waals surface area contributed by atoms with Crippen LogP contribution in [0.5, 0.6) is 5.75 Å². The van der Waals surface area contributed by atoms with Crippen LogP contribution in [0.4, 0.5) is 30.7 Å². The first-order valence-electron chi connectivity index (χ1n) is 8.01. The number of nitrogens with zero attached hydrogens (tertiary/aromatic N) is 3. The number of aromatic nitrogens is 3. The molecule has 0 aliphatic rings. The third-order valence-electron chi connectivity index (χ3n) is 3.93. The van der Waals surface area contributed by atoms with Gasteiger partial charge in [-0.15, -0.1) is 5.10 Å². The normalized spacial score (nSPS) is 11.9. The van der Waals surface area contributed by atoms with Gasteiger partial charge in [0.2, 0.25) is 0 Å². The molecule has 1 aromatic heterocycles. The number of H-pyrrole nitrogens is 1. The predicted molar refractivity (Wildman–Crippen MR) is 87.3 cm³/mol. The number of nitriles is 1. The summed E-state index contributed by atoms with van der Waals surface area (Å²) in [5.41, 5.74) is -3.57. The molecule has 12 heteroatoms. The van der Waals surface area contributed by atoms with Crippen LogP contribution in [0.15, 0.2) is 36.4 Å². The third kappa shape index (κ3) is 4.51. The largest absolute Gasteiger partial charge is 0.489 e. The summed E-state index contributed by atoms with van der Waals surface area (Å²) < 4.78 is 97.5. The number of benzene rings is 2. The monoisotopic (exact) mass is 430 g/mol. The lowest BCUT2D eigenvalue weighted by molar-refractivity contribution is -0.138. The van der Waals surface area contributed by atoms with Gasteiger partial charge in [-0.3, -0.25) is 0 Å². The van der Waals surface area contributed by atoms with Gasteiger partial charge >= 0.3 is 12.4 Å². The minimum atomic E-state index is -4.82. The first kappa shape index (κ1) is 21.1. The van der Waals surface area contributed by atoms with Crippen LogP contribution >= 0.6 is 0 Å². The van der Waals surface area contributed by atoms with Gasteiger partial charge in [-0.25, -0.2) is 9.49 Å². The van der Waals surface area contributed by atoms with Crippen LogP contribution in [0.3, 0.4) is 0 Å². The molecule has 5 nitrogen and oxygen atoms in total. The van der Waals surface area contributed by atoms with E-state index in [-0.39, 0.29) is 17.0 Å². The lowest BCUT2D eigenvalue weighted by Crippen LogP contribution is -2.12. The van der Waals surface area contributed by atoms with Gasteiger partial charge in [0.15, 0.2) is 5.69 Å². The summed E-state index contributed by atoms with van der Waals surface area (Å²) in [4.78, 5) is 0. The highest BCUT2D eigenvalue weighted by Crippen LogP contribution is 2.37. The SMILES string of the molecule is N#Cc1[nH]nnc1-c1cc(OCc2cc(F)ccc2C(F)(F)F)cc(C(F)(F)F)c1. The Labute approximate surface area is 163 Å². The zero-order valence-corrected chi connectivity index (χ0v) is 14.6. The molecule has 0 radical (unpaired) electrons. The van der Waals surface area contributed by atoms with Gasteiger partial charge < -0.3 is 4.74 Å². The van der Waals surface area contributed by atoms with Crippen molar-refractivity contribution in [2.24, 2.45) is 0 Å². The van der Waals surface area contributed by atoms with E-state index in [9.17, 15) is 30.7 Å². The molecule has 1 heterocycles. The lowest BCUT2D eigenvalue weighted by atomic mass is 10.1. The van der Waals surface area contributed by atoms with E-state index in [0.717, 1.165) is 6.07 Å². The highest BCUT2D eigenvalue weighted by Gasteiger charge is 2.34. The summed E-state index contributed by atoms with van der Waals surface area (Å²) in [5.74, 6) is -1.42. The van der Waals surface area contributed by atoms with E-state index in [4.69, 9.17) is 10.00 Å². The molecule has 3 aromatic rings. The van der Waals surface area contributed by atoms with Crippen LogP contribution in [-0.2, 0) is 19.0 Å². The van der Waals surface area contributed by atoms with E-state index >= 15 is 0 Å². The number of alkyl halides is 6. The molecule has 0 fully saturated rings. The van der Waals surface area contributed by atoms with E-state index < -0.39 is 47.2 Å². The molecule has 3 rings (SSSR count). The zero-order chi connectivity index (χ0) is 22.1. The van der Waals surface area contributed by atoms with Gasteiger partial charge in [-0.05, 0) is 36.4 Å². The molecular weight excluding hydrogens is 421 g/mol. The predicted octanol–water partition coefficient (Wildman–Crippen LogP) is 5.10. The van der Waals surface area contributed by atoms with E-state index in [1.807, 2.05) is 0 Å². The van der Waals surface area contributed by atoms with E-state index in [1.54, 1.807) is 6.07 Å². The minimum Gasteiger partial charge on any atom is -0.489 e. The minimum absolute atomic E-state index is 0.194. The molecule has 0 aliphatic carbocycles. The number of rotatable bonds is 4. The van der Waals surface area contributed by atoms with Gasteiger partial charge in [-0.2, -0.15) is 31.6 Å². The Morgan fingerprint density at radius 2 is 1.73 bits per heavy atom. The smallest absolute Gasteiger partial charge is 0.416 e. The van der Waals surface area contributed by atoms with Gasteiger partial charge in [-0.1, -0.05) is 5.21 Å². The molecule has 0 atom stereocenters. The second kappa shape index (κ2) is 7.66. The molecule has 2 aromatic carbocycles. The maximum absolute atomic E-state index is 13.4. The molecule has 156 valence electrons. The number of nitrogens with one attached hydrogen (secondary N) is 1. The van der Waals surface area contributed by atoms with Crippen LogP contribution in [0, 0.1) is 17.1 Å². The summed E-state index contributed by atoms with van der Waals surface area (Å²) >= 11 is 0. The van der Waals surface area contributed by atoms with Gasteiger partial charge in [0.05, 0.1) is 11.1 Å². The van der Waals surface area contributed by atoms with Crippen molar-refractivity contribution >= 4 is 0 Å². The van der Waals surface area contributed by atoms with Gasteiger partial charge in [0.25, 0.3) is 0 Å². The standard InChI is InChI=1S/C18H9F7N4O/c19-12-1-2-14(18(23,24)25)10(4-12)8-30-13-5-9(3-11(6-13)17(20,21)22)16-15(7-26)27-29-28-16/h1-6H,8H2,(H,27,28,29). The molecule has 30 heavy (non-hydrogen) atoms. The highest BCUT2D eigenvalue weighted by molar-refractivity contribution is 5.67.